The van der Waals surface area contributed by atoms with Gasteiger partial charge in [-0.2, -0.15) is 0 Å². The number of nitrogens with one attached hydrogen (secondary N) is 1. The lowest BCUT2D eigenvalue weighted by atomic mass is 9.96. The Balaban J connectivity index is 1.51. The zero-order valence-corrected chi connectivity index (χ0v) is 16.7. The summed E-state index contributed by atoms with van der Waals surface area (Å²) < 4.78 is 5.37. The van der Waals surface area contributed by atoms with E-state index in [-0.39, 0.29) is 5.75 Å². The fourth-order valence-electron chi connectivity index (χ4n) is 3.54. The number of aromatic hydroxyl groups is 1. The highest BCUT2D eigenvalue weighted by atomic mass is 32.1. The van der Waals surface area contributed by atoms with Gasteiger partial charge in [0.05, 0.1) is 12.8 Å². The molecule has 29 heavy (non-hydrogen) atoms. The number of fused-ring (bicyclic) bond motifs is 3. The maximum absolute atomic E-state index is 9.45. The fraction of sp³-hybridized carbons (Fsp3) is 0.130. The standard InChI is InChI=1S/C23H19N3O2S/c1-28-18-4-2-3-14(11-18)21-12-19-20(29-21)10-5-15-13-24-23(26-22(15)19)25-16-6-8-17(27)9-7-16/h2-4,6-9,11-13,27H,5,10H2,1H3,(H,24,25,26). The van der Waals surface area contributed by atoms with Gasteiger partial charge in [-0.1, -0.05) is 12.1 Å². The molecule has 2 N–H and O–H groups in total. The fourth-order valence-corrected chi connectivity index (χ4v) is 4.70. The van der Waals surface area contributed by atoms with Crippen LogP contribution in [-0.2, 0) is 12.8 Å². The average Bonchev–Trinajstić information content (AvgIpc) is 3.20. The van der Waals surface area contributed by atoms with Gasteiger partial charge in [0.25, 0.3) is 0 Å². The second-order valence-corrected chi connectivity index (χ2v) is 8.06. The van der Waals surface area contributed by atoms with Crippen LogP contribution in [-0.4, -0.2) is 22.2 Å². The number of phenolic OH excluding ortho intramolecular Hbond substituents is 1. The number of benzene rings is 2. The lowest BCUT2D eigenvalue weighted by Gasteiger charge is -2.16. The number of aromatic nitrogens is 2. The Morgan fingerprint density at radius 2 is 1.93 bits per heavy atom. The van der Waals surface area contributed by atoms with Gasteiger partial charge in [0.15, 0.2) is 0 Å². The van der Waals surface area contributed by atoms with Gasteiger partial charge in [0, 0.05) is 27.2 Å². The molecule has 0 amide bonds. The van der Waals surface area contributed by atoms with Crippen LogP contribution in [0.2, 0.25) is 0 Å². The normalized spacial score (nSPS) is 12.2. The number of aryl methyl sites for hydroxylation is 2. The van der Waals surface area contributed by atoms with Crippen molar-refractivity contribution in [1.29, 1.82) is 0 Å². The predicted octanol–water partition coefficient (Wildman–Crippen LogP) is 5.43. The molecule has 0 saturated carbocycles. The molecule has 0 aliphatic heterocycles. The van der Waals surface area contributed by atoms with E-state index in [1.807, 2.05) is 29.7 Å². The predicted molar refractivity (Wildman–Crippen MR) is 116 cm³/mol. The molecular weight excluding hydrogens is 382 g/mol. The third kappa shape index (κ3) is 3.43. The Kier molecular flexibility index (Phi) is 4.41. The lowest BCUT2D eigenvalue weighted by Crippen LogP contribution is -2.06. The smallest absolute Gasteiger partial charge is 0.227 e. The number of hydrogen-bond acceptors (Lipinski definition) is 6. The maximum atomic E-state index is 9.45. The number of phenols is 1. The molecule has 0 unspecified atom stereocenters. The minimum atomic E-state index is 0.231. The number of anilines is 2. The molecule has 0 atom stereocenters. The molecule has 2 heterocycles. The summed E-state index contributed by atoms with van der Waals surface area (Å²) in [4.78, 5) is 11.9. The molecule has 5 nitrogen and oxygen atoms in total. The molecule has 1 aliphatic rings. The summed E-state index contributed by atoms with van der Waals surface area (Å²) >= 11 is 1.82. The molecule has 0 radical (unpaired) electrons. The Morgan fingerprint density at radius 3 is 2.76 bits per heavy atom. The molecule has 144 valence electrons. The van der Waals surface area contributed by atoms with E-state index in [9.17, 15) is 5.11 Å². The van der Waals surface area contributed by atoms with Crippen molar-refractivity contribution in [3.8, 4) is 33.2 Å². The minimum absolute atomic E-state index is 0.231. The summed E-state index contributed by atoms with van der Waals surface area (Å²) in [5, 5.41) is 12.7. The van der Waals surface area contributed by atoms with Gasteiger partial charge in [-0.15, -0.1) is 11.3 Å². The zero-order chi connectivity index (χ0) is 19.8. The van der Waals surface area contributed by atoms with Crippen molar-refractivity contribution >= 4 is 23.0 Å². The molecule has 5 rings (SSSR count). The monoisotopic (exact) mass is 401 g/mol. The topological polar surface area (TPSA) is 67.3 Å². The highest BCUT2D eigenvalue weighted by Crippen LogP contribution is 2.42. The van der Waals surface area contributed by atoms with Crippen molar-refractivity contribution in [3.63, 3.8) is 0 Å². The van der Waals surface area contributed by atoms with Gasteiger partial charge in [-0.3, -0.25) is 0 Å². The number of methoxy groups -OCH3 is 1. The van der Waals surface area contributed by atoms with Gasteiger partial charge in [-0.05, 0) is 66.4 Å². The second kappa shape index (κ2) is 7.22. The van der Waals surface area contributed by atoms with Crippen LogP contribution in [0.1, 0.15) is 10.4 Å². The van der Waals surface area contributed by atoms with Crippen LogP contribution in [0.5, 0.6) is 11.5 Å². The van der Waals surface area contributed by atoms with Crippen molar-refractivity contribution in [2.24, 2.45) is 0 Å². The van der Waals surface area contributed by atoms with Crippen molar-refractivity contribution in [2.45, 2.75) is 12.8 Å². The molecule has 2 aromatic carbocycles. The molecule has 0 spiro atoms. The van der Waals surface area contributed by atoms with Crippen molar-refractivity contribution < 1.29 is 9.84 Å². The number of thiophene rings is 1. The second-order valence-electron chi connectivity index (χ2n) is 6.92. The number of nitrogens with zero attached hydrogens (tertiary/aromatic N) is 2. The first-order valence-corrected chi connectivity index (χ1v) is 10.2. The maximum Gasteiger partial charge on any atom is 0.227 e. The Hall–Kier alpha value is -3.38. The van der Waals surface area contributed by atoms with E-state index in [2.05, 4.69) is 28.5 Å². The van der Waals surface area contributed by atoms with E-state index in [4.69, 9.17) is 9.72 Å². The third-order valence-corrected chi connectivity index (χ3v) is 6.27. The van der Waals surface area contributed by atoms with Crippen LogP contribution in [0.15, 0.2) is 60.8 Å². The van der Waals surface area contributed by atoms with Gasteiger partial charge in [0.1, 0.15) is 11.5 Å². The largest absolute Gasteiger partial charge is 0.508 e. The molecule has 1 aliphatic carbocycles. The third-order valence-electron chi connectivity index (χ3n) is 5.03. The Labute approximate surface area is 172 Å². The number of rotatable bonds is 4. The van der Waals surface area contributed by atoms with Gasteiger partial charge >= 0.3 is 0 Å². The van der Waals surface area contributed by atoms with Crippen molar-refractivity contribution in [1.82, 2.24) is 9.97 Å². The van der Waals surface area contributed by atoms with Crippen LogP contribution < -0.4 is 10.1 Å². The Morgan fingerprint density at radius 1 is 1.07 bits per heavy atom. The van der Waals surface area contributed by atoms with Crippen LogP contribution >= 0.6 is 11.3 Å². The minimum Gasteiger partial charge on any atom is -0.508 e. The van der Waals surface area contributed by atoms with Gasteiger partial charge in [-0.25, -0.2) is 9.97 Å². The Bertz CT molecular complexity index is 1190. The van der Waals surface area contributed by atoms with E-state index in [1.165, 1.54) is 20.9 Å². The number of hydrogen-bond donors (Lipinski definition) is 2. The average molecular weight is 401 g/mol. The van der Waals surface area contributed by atoms with E-state index in [0.717, 1.165) is 35.5 Å². The molecule has 6 heteroatoms. The van der Waals surface area contributed by atoms with Crippen LogP contribution in [0.3, 0.4) is 0 Å². The van der Waals surface area contributed by atoms with Gasteiger partial charge < -0.3 is 15.2 Å². The molecule has 4 aromatic rings. The molecule has 0 fully saturated rings. The van der Waals surface area contributed by atoms with Crippen LogP contribution in [0.25, 0.3) is 21.7 Å². The van der Waals surface area contributed by atoms with Crippen molar-refractivity contribution in [3.05, 3.63) is 71.2 Å². The lowest BCUT2D eigenvalue weighted by molar-refractivity contribution is 0.415. The first-order chi connectivity index (χ1) is 14.2. The van der Waals surface area contributed by atoms with E-state index in [1.54, 1.807) is 31.4 Å². The van der Waals surface area contributed by atoms with Crippen molar-refractivity contribution in [2.75, 3.05) is 12.4 Å². The zero-order valence-electron chi connectivity index (χ0n) is 15.8. The quantitative estimate of drug-likeness (QED) is 0.447. The molecule has 0 bridgehead atoms. The first-order valence-electron chi connectivity index (χ1n) is 9.39. The summed E-state index contributed by atoms with van der Waals surface area (Å²) in [5.41, 5.74) is 5.34. The summed E-state index contributed by atoms with van der Waals surface area (Å²) in [5.74, 6) is 1.64. The molecule has 2 aromatic heterocycles. The summed E-state index contributed by atoms with van der Waals surface area (Å²) in [6.45, 7) is 0. The SMILES string of the molecule is COc1cccc(-c2cc3c(s2)CCc2cnc(Nc4ccc(O)cc4)nc2-3)c1. The van der Waals surface area contributed by atoms with Gasteiger partial charge in [0.2, 0.25) is 5.95 Å². The molecular formula is C23H19N3O2S. The summed E-state index contributed by atoms with van der Waals surface area (Å²) in [6.07, 6.45) is 3.86. The highest BCUT2D eigenvalue weighted by molar-refractivity contribution is 7.16. The van der Waals surface area contributed by atoms with Crippen LogP contribution in [0, 0.1) is 0 Å². The summed E-state index contributed by atoms with van der Waals surface area (Å²) in [6, 6.07) is 17.3. The highest BCUT2D eigenvalue weighted by Gasteiger charge is 2.22. The first kappa shape index (κ1) is 17.7. The van der Waals surface area contributed by atoms with E-state index < -0.39 is 0 Å². The van der Waals surface area contributed by atoms with E-state index in [0.29, 0.717) is 5.95 Å². The molecule has 0 saturated heterocycles. The van der Waals surface area contributed by atoms with Crippen LogP contribution in [0.4, 0.5) is 11.6 Å². The van der Waals surface area contributed by atoms with E-state index >= 15 is 0 Å². The number of ether oxygens (including phenoxy) is 1. The summed E-state index contributed by atoms with van der Waals surface area (Å²) in [7, 11) is 1.69.